The topological polar surface area (TPSA) is 72.9 Å². The molecule has 1 saturated heterocycles. The van der Waals surface area contributed by atoms with Gasteiger partial charge in [0.1, 0.15) is 25.0 Å². The van der Waals surface area contributed by atoms with E-state index in [9.17, 15) is 14.4 Å². The molecule has 6 heteroatoms. The first-order chi connectivity index (χ1) is 12.9. The molecular formula is C21H25NO5. The molecule has 3 atom stereocenters. The first kappa shape index (κ1) is 19.1. The molecule has 27 heavy (non-hydrogen) atoms. The van der Waals surface area contributed by atoms with Gasteiger partial charge in [-0.25, -0.2) is 4.79 Å². The maximum absolute atomic E-state index is 12.5. The van der Waals surface area contributed by atoms with Crippen molar-refractivity contribution < 1.29 is 23.9 Å². The Hall–Kier alpha value is -2.63. The molecule has 6 nitrogen and oxygen atoms in total. The van der Waals surface area contributed by atoms with Crippen LogP contribution >= 0.6 is 0 Å². The quantitative estimate of drug-likeness (QED) is 0.333. The molecule has 1 fully saturated rings. The van der Waals surface area contributed by atoms with Crippen LogP contribution < -0.4 is 4.74 Å². The number of nitrogens with zero attached hydrogens (tertiary/aromatic N) is 1. The molecule has 1 aliphatic heterocycles. The number of amides is 2. The van der Waals surface area contributed by atoms with E-state index >= 15 is 0 Å². The van der Waals surface area contributed by atoms with E-state index in [1.165, 1.54) is 6.92 Å². The summed E-state index contributed by atoms with van der Waals surface area (Å²) in [6.45, 7) is 5.72. The summed E-state index contributed by atoms with van der Waals surface area (Å²) in [5, 5.41) is 0. The third kappa shape index (κ3) is 3.89. The molecule has 1 aromatic carbocycles. The average Bonchev–Trinajstić information content (AvgIpc) is 2.91. The molecule has 2 aliphatic rings. The maximum atomic E-state index is 12.5. The number of likely N-dealkylation sites (tertiary alicyclic amines) is 1. The number of carbonyl (C=O) groups excluding carboxylic acids is 3. The van der Waals surface area contributed by atoms with Gasteiger partial charge in [0.15, 0.2) is 0 Å². The van der Waals surface area contributed by atoms with Crippen LogP contribution in [-0.2, 0) is 19.1 Å². The van der Waals surface area contributed by atoms with Crippen molar-refractivity contribution >= 4 is 17.8 Å². The first-order valence-corrected chi connectivity index (χ1v) is 9.28. The van der Waals surface area contributed by atoms with Gasteiger partial charge >= 0.3 is 5.97 Å². The Morgan fingerprint density at radius 3 is 2.37 bits per heavy atom. The highest BCUT2D eigenvalue weighted by Crippen LogP contribution is 2.36. The largest absolute Gasteiger partial charge is 0.490 e. The van der Waals surface area contributed by atoms with E-state index in [-0.39, 0.29) is 36.9 Å². The number of carbonyl (C=O) groups is 3. The van der Waals surface area contributed by atoms with Crippen molar-refractivity contribution in [3.63, 3.8) is 0 Å². The van der Waals surface area contributed by atoms with Gasteiger partial charge in [-0.3, -0.25) is 14.5 Å². The first-order valence-electron chi connectivity index (χ1n) is 9.28. The zero-order chi connectivity index (χ0) is 19.6. The maximum Gasteiger partial charge on any atom is 0.329 e. The summed E-state index contributed by atoms with van der Waals surface area (Å²) < 4.78 is 10.9. The lowest BCUT2D eigenvalue weighted by atomic mass is 9.85. The van der Waals surface area contributed by atoms with Crippen molar-refractivity contribution in [2.24, 2.45) is 11.8 Å². The molecule has 0 aromatic heterocycles. The van der Waals surface area contributed by atoms with Crippen LogP contribution in [0.5, 0.6) is 5.75 Å². The molecule has 1 aliphatic carbocycles. The predicted octanol–water partition coefficient (Wildman–Crippen LogP) is 2.57. The molecule has 1 aromatic rings. The number of allylic oxidation sites excluding steroid dienone is 2. The van der Waals surface area contributed by atoms with Gasteiger partial charge in [0.05, 0.1) is 11.8 Å². The number of esters is 1. The number of ether oxygens (including phenoxy) is 2. The Kier molecular flexibility index (Phi) is 5.63. The second kappa shape index (κ2) is 7.94. The van der Waals surface area contributed by atoms with Gasteiger partial charge in [0.25, 0.3) is 0 Å². The van der Waals surface area contributed by atoms with Gasteiger partial charge < -0.3 is 9.47 Å². The number of benzene rings is 1. The van der Waals surface area contributed by atoms with Crippen molar-refractivity contribution in [3.8, 4) is 5.75 Å². The summed E-state index contributed by atoms with van der Waals surface area (Å²) in [6, 6.07) is 4.98. The Balaban J connectivity index is 1.51. The third-order valence-corrected chi connectivity index (χ3v) is 5.20. The smallest absolute Gasteiger partial charge is 0.329 e. The van der Waals surface area contributed by atoms with Gasteiger partial charge in [-0.15, -0.1) is 0 Å². The van der Waals surface area contributed by atoms with Crippen molar-refractivity contribution in [2.45, 2.75) is 39.7 Å². The second-order valence-electron chi connectivity index (χ2n) is 7.16. The average molecular weight is 371 g/mol. The number of rotatable bonds is 6. The Bertz CT molecular complexity index is 759. The molecule has 0 spiro atoms. The Morgan fingerprint density at radius 1 is 1.11 bits per heavy atom. The summed E-state index contributed by atoms with van der Waals surface area (Å²) in [5.41, 5.74) is 2.09. The summed E-state index contributed by atoms with van der Waals surface area (Å²) in [5.74, 6) is -1.07. The highest BCUT2D eigenvalue weighted by Gasteiger charge is 2.50. The molecule has 3 unspecified atom stereocenters. The summed E-state index contributed by atoms with van der Waals surface area (Å²) in [4.78, 5) is 38.4. The molecule has 144 valence electrons. The lowest BCUT2D eigenvalue weighted by Gasteiger charge is -2.21. The third-order valence-electron chi connectivity index (χ3n) is 5.20. The fourth-order valence-corrected chi connectivity index (χ4v) is 3.59. The van der Waals surface area contributed by atoms with E-state index in [1.54, 1.807) is 0 Å². The molecular weight excluding hydrogens is 346 g/mol. The van der Waals surface area contributed by atoms with Gasteiger partial charge in [0, 0.05) is 0 Å². The van der Waals surface area contributed by atoms with E-state index < -0.39 is 12.0 Å². The minimum absolute atomic E-state index is 0.0567. The molecule has 1 heterocycles. The minimum atomic E-state index is -0.920. The normalized spacial score (nSPS) is 22.6. The van der Waals surface area contributed by atoms with Gasteiger partial charge in [-0.2, -0.15) is 0 Å². The van der Waals surface area contributed by atoms with Gasteiger partial charge in [-0.1, -0.05) is 24.3 Å². The second-order valence-corrected chi connectivity index (χ2v) is 7.16. The van der Waals surface area contributed by atoms with Gasteiger partial charge in [0.2, 0.25) is 11.8 Å². The summed E-state index contributed by atoms with van der Waals surface area (Å²) >= 11 is 0. The Morgan fingerprint density at radius 2 is 1.74 bits per heavy atom. The summed E-state index contributed by atoms with van der Waals surface area (Å²) in [7, 11) is 0. The highest BCUT2D eigenvalue weighted by atomic mass is 16.6. The fourth-order valence-electron chi connectivity index (χ4n) is 3.59. The fraction of sp³-hybridized carbons (Fsp3) is 0.476. The molecule has 0 saturated carbocycles. The molecule has 0 bridgehead atoms. The van der Waals surface area contributed by atoms with Crippen LogP contribution in [-0.4, -0.2) is 41.9 Å². The molecule has 2 amide bonds. The SMILES string of the molecule is Cc1ccc(C)c(OCCOC(=O)C(C)N2C(=O)C3CC=CCC3C2=O)c1. The van der Waals surface area contributed by atoms with Gasteiger partial charge in [-0.05, 0) is 50.8 Å². The van der Waals surface area contributed by atoms with Crippen LogP contribution in [0.1, 0.15) is 30.9 Å². The van der Waals surface area contributed by atoms with E-state index in [2.05, 4.69) is 0 Å². The highest BCUT2D eigenvalue weighted by molar-refractivity contribution is 6.08. The van der Waals surface area contributed by atoms with Crippen LogP contribution in [0.25, 0.3) is 0 Å². The molecule has 3 rings (SSSR count). The predicted molar refractivity (Wildman–Crippen MR) is 99.0 cm³/mol. The lowest BCUT2D eigenvalue weighted by molar-refractivity contribution is -0.158. The summed E-state index contributed by atoms with van der Waals surface area (Å²) in [6.07, 6.45) is 4.95. The van der Waals surface area contributed by atoms with Crippen LogP contribution in [0.4, 0.5) is 0 Å². The van der Waals surface area contributed by atoms with Crippen molar-refractivity contribution in [1.82, 2.24) is 4.90 Å². The van der Waals surface area contributed by atoms with E-state index in [0.717, 1.165) is 21.8 Å². The molecule has 0 radical (unpaired) electrons. The minimum Gasteiger partial charge on any atom is -0.490 e. The lowest BCUT2D eigenvalue weighted by Crippen LogP contribution is -2.44. The monoisotopic (exact) mass is 371 g/mol. The van der Waals surface area contributed by atoms with Crippen LogP contribution in [0.2, 0.25) is 0 Å². The Labute approximate surface area is 159 Å². The number of aryl methyl sites for hydroxylation is 2. The standard InChI is InChI=1S/C21H25NO5/c1-13-8-9-14(2)18(12-13)26-10-11-27-21(25)15(3)22-19(23)16-6-4-5-7-17(16)20(22)24/h4-5,8-9,12,15-17H,6-7,10-11H2,1-3H3. The number of fused-ring (bicyclic) bond motifs is 1. The van der Waals surface area contributed by atoms with Crippen LogP contribution in [0.3, 0.4) is 0 Å². The zero-order valence-electron chi connectivity index (χ0n) is 15.9. The van der Waals surface area contributed by atoms with Crippen molar-refractivity contribution in [3.05, 3.63) is 41.5 Å². The van der Waals surface area contributed by atoms with Crippen LogP contribution in [0.15, 0.2) is 30.4 Å². The van der Waals surface area contributed by atoms with Crippen molar-refractivity contribution in [1.29, 1.82) is 0 Å². The van der Waals surface area contributed by atoms with Crippen molar-refractivity contribution in [2.75, 3.05) is 13.2 Å². The van der Waals surface area contributed by atoms with E-state index in [1.807, 2.05) is 44.2 Å². The number of imide groups is 1. The zero-order valence-corrected chi connectivity index (χ0v) is 15.9. The van der Waals surface area contributed by atoms with E-state index in [0.29, 0.717) is 12.8 Å². The number of hydrogen-bond donors (Lipinski definition) is 0. The number of hydrogen-bond acceptors (Lipinski definition) is 5. The molecule has 0 N–H and O–H groups in total. The van der Waals surface area contributed by atoms with E-state index in [4.69, 9.17) is 9.47 Å². The van der Waals surface area contributed by atoms with Crippen LogP contribution in [0, 0.1) is 25.7 Å².